The summed E-state index contributed by atoms with van der Waals surface area (Å²) in [5.74, 6) is 0.544. The summed E-state index contributed by atoms with van der Waals surface area (Å²) in [6.07, 6.45) is 2.68. The maximum atomic E-state index is 12.1. The van der Waals surface area contributed by atoms with E-state index in [0.29, 0.717) is 22.4 Å². The first-order valence-electron chi connectivity index (χ1n) is 7.00. The van der Waals surface area contributed by atoms with Crippen LogP contribution in [0.25, 0.3) is 0 Å². The van der Waals surface area contributed by atoms with Crippen molar-refractivity contribution in [1.29, 1.82) is 0 Å². The van der Waals surface area contributed by atoms with Crippen molar-refractivity contribution in [3.8, 4) is 0 Å². The molecule has 2 atom stereocenters. The molecule has 1 heterocycles. The highest BCUT2D eigenvalue weighted by molar-refractivity contribution is 6.42. The quantitative estimate of drug-likeness (QED) is 0.872. The molecule has 1 aliphatic rings. The Hall–Kier alpha value is -0.480. The number of piperidine rings is 1. The minimum absolute atomic E-state index is 0. The van der Waals surface area contributed by atoms with Crippen molar-refractivity contribution in [2.45, 2.75) is 32.2 Å². The third-order valence-corrected chi connectivity index (χ3v) is 4.52. The molecule has 21 heavy (non-hydrogen) atoms. The molecule has 2 N–H and O–H groups in total. The summed E-state index contributed by atoms with van der Waals surface area (Å²) in [6.45, 7) is 4.14. The molecule has 0 bridgehead atoms. The van der Waals surface area contributed by atoms with Crippen molar-refractivity contribution in [3.63, 3.8) is 0 Å². The van der Waals surface area contributed by atoms with Gasteiger partial charge in [-0.1, -0.05) is 29.3 Å². The van der Waals surface area contributed by atoms with Crippen molar-refractivity contribution < 1.29 is 4.79 Å². The van der Waals surface area contributed by atoms with E-state index in [2.05, 4.69) is 17.6 Å². The molecule has 0 radical (unpaired) electrons. The van der Waals surface area contributed by atoms with Crippen molar-refractivity contribution in [1.82, 2.24) is 10.6 Å². The molecule has 1 fully saturated rings. The van der Waals surface area contributed by atoms with Gasteiger partial charge in [0.15, 0.2) is 0 Å². The van der Waals surface area contributed by atoms with Gasteiger partial charge in [-0.15, -0.1) is 12.4 Å². The molecular formula is C15H21Cl3N2O. The molecule has 2 unspecified atom stereocenters. The van der Waals surface area contributed by atoms with Crippen LogP contribution in [0.5, 0.6) is 0 Å². The summed E-state index contributed by atoms with van der Waals surface area (Å²) in [5.41, 5.74) is 0.880. The highest BCUT2D eigenvalue weighted by atomic mass is 35.5. The minimum atomic E-state index is 0. The number of carbonyl (C=O) groups excluding carboxylic acids is 1. The van der Waals surface area contributed by atoms with Crippen LogP contribution in [-0.2, 0) is 11.2 Å². The lowest BCUT2D eigenvalue weighted by atomic mass is 9.92. The molecule has 1 aromatic rings. The summed E-state index contributed by atoms with van der Waals surface area (Å²) < 4.78 is 0. The number of nitrogens with one attached hydrogen (secondary N) is 2. The molecule has 0 spiro atoms. The van der Waals surface area contributed by atoms with Crippen LogP contribution in [0.3, 0.4) is 0 Å². The predicted octanol–water partition coefficient (Wildman–Crippen LogP) is 3.46. The zero-order valence-corrected chi connectivity index (χ0v) is 14.3. The van der Waals surface area contributed by atoms with Crippen LogP contribution in [0.4, 0.5) is 0 Å². The summed E-state index contributed by atoms with van der Waals surface area (Å²) in [6, 6.07) is 5.50. The second-order valence-electron chi connectivity index (χ2n) is 5.39. The van der Waals surface area contributed by atoms with Crippen molar-refractivity contribution in [2.24, 2.45) is 5.92 Å². The lowest BCUT2D eigenvalue weighted by Crippen LogP contribution is -2.45. The van der Waals surface area contributed by atoms with E-state index < -0.39 is 0 Å². The van der Waals surface area contributed by atoms with E-state index in [1.807, 2.05) is 6.07 Å². The molecule has 118 valence electrons. The first kappa shape index (κ1) is 18.6. The van der Waals surface area contributed by atoms with Gasteiger partial charge in [0, 0.05) is 6.04 Å². The van der Waals surface area contributed by atoms with Gasteiger partial charge in [0.2, 0.25) is 5.91 Å². The Morgan fingerprint density at radius 2 is 2.19 bits per heavy atom. The Labute approximate surface area is 142 Å². The fraction of sp³-hybridized carbons (Fsp3) is 0.533. The van der Waals surface area contributed by atoms with Crippen LogP contribution in [-0.4, -0.2) is 25.0 Å². The molecule has 1 aliphatic heterocycles. The summed E-state index contributed by atoms with van der Waals surface area (Å²) in [7, 11) is 0. The second-order valence-corrected chi connectivity index (χ2v) is 6.20. The lowest BCUT2D eigenvalue weighted by Gasteiger charge is -2.29. The predicted molar refractivity (Wildman–Crippen MR) is 90.6 cm³/mol. The number of carbonyl (C=O) groups is 1. The maximum absolute atomic E-state index is 12.1. The molecule has 6 heteroatoms. The Bertz CT molecular complexity index is 476. The van der Waals surface area contributed by atoms with E-state index in [-0.39, 0.29) is 24.4 Å². The highest BCUT2D eigenvalue weighted by Crippen LogP contribution is 2.23. The van der Waals surface area contributed by atoms with Crippen LogP contribution in [0, 0.1) is 5.92 Å². The Morgan fingerprint density at radius 1 is 1.43 bits per heavy atom. The van der Waals surface area contributed by atoms with E-state index in [1.165, 1.54) is 12.8 Å². The Balaban J connectivity index is 0.00000220. The van der Waals surface area contributed by atoms with E-state index in [0.717, 1.165) is 18.7 Å². The van der Waals surface area contributed by atoms with Crippen LogP contribution in [0.1, 0.15) is 25.3 Å². The zero-order chi connectivity index (χ0) is 14.5. The molecule has 1 amide bonds. The van der Waals surface area contributed by atoms with Gasteiger partial charge in [0.1, 0.15) is 0 Å². The molecule has 1 saturated heterocycles. The van der Waals surface area contributed by atoms with Crippen LogP contribution >= 0.6 is 35.6 Å². The third kappa shape index (κ3) is 5.67. The normalized spacial score (nSPS) is 19.5. The van der Waals surface area contributed by atoms with Crippen molar-refractivity contribution in [3.05, 3.63) is 33.8 Å². The van der Waals surface area contributed by atoms with Gasteiger partial charge in [-0.2, -0.15) is 0 Å². The summed E-state index contributed by atoms with van der Waals surface area (Å²) in [4.78, 5) is 12.1. The number of halogens is 3. The lowest BCUT2D eigenvalue weighted by molar-refractivity contribution is -0.121. The van der Waals surface area contributed by atoms with Gasteiger partial charge < -0.3 is 10.6 Å². The topological polar surface area (TPSA) is 41.1 Å². The molecule has 0 aromatic heterocycles. The molecular weight excluding hydrogens is 331 g/mol. The fourth-order valence-electron chi connectivity index (χ4n) is 2.56. The molecule has 0 saturated carbocycles. The Morgan fingerprint density at radius 3 is 2.81 bits per heavy atom. The molecule has 2 rings (SSSR count). The van der Waals surface area contributed by atoms with Gasteiger partial charge in [0.25, 0.3) is 0 Å². The minimum Gasteiger partial charge on any atom is -0.353 e. The smallest absolute Gasteiger partial charge is 0.224 e. The van der Waals surface area contributed by atoms with Crippen LogP contribution in [0.2, 0.25) is 10.0 Å². The average molecular weight is 352 g/mol. The fourth-order valence-corrected chi connectivity index (χ4v) is 2.88. The van der Waals surface area contributed by atoms with Gasteiger partial charge in [-0.3, -0.25) is 4.79 Å². The molecule has 3 nitrogen and oxygen atoms in total. The van der Waals surface area contributed by atoms with Gasteiger partial charge >= 0.3 is 0 Å². The number of hydrogen-bond donors (Lipinski definition) is 2. The zero-order valence-electron chi connectivity index (χ0n) is 12.0. The molecule has 0 aliphatic carbocycles. The van der Waals surface area contributed by atoms with Gasteiger partial charge in [-0.25, -0.2) is 0 Å². The third-order valence-electron chi connectivity index (χ3n) is 3.78. The van der Waals surface area contributed by atoms with E-state index >= 15 is 0 Å². The monoisotopic (exact) mass is 350 g/mol. The second kappa shape index (κ2) is 8.84. The first-order valence-corrected chi connectivity index (χ1v) is 7.76. The number of rotatable bonds is 4. The van der Waals surface area contributed by atoms with Crippen LogP contribution in [0.15, 0.2) is 18.2 Å². The van der Waals surface area contributed by atoms with Gasteiger partial charge in [0.05, 0.1) is 16.5 Å². The summed E-state index contributed by atoms with van der Waals surface area (Å²) >= 11 is 11.8. The maximum Gasteiger partial charge on any atom is 0.224 e. The van der Waals surface area contributed by atoms with E-state index in [1.54, 1.807) is 12.1 Å². The number of benzene rings is 1. The van der Waals surface area contributed by atoms with E-state index in [9.17, 15) is 4.79 Å². The van der Waals surface area contributed by atoms with E-state index in [4.69, 9.17) is 23.2 Å². The van der Waals surface area contributed by atoms with Gasteiger partial charge in [-0.05, 0) is 56.5 Å². The number of hydrogen-bond acceptors (Lipinski definition) is 2. The van der Waals surface area contributed by atoms with Crippen LogP contribution < -0.4 is 10.6 Å². The Kier molecular flexibility index (Phi) is 7.82. The highest BCUT2D eigenvalue weighted by Gasteiger charge is 2.21. The average Bonchev–Trinajstić information content (AvgIpc) is 2.44. The summed E-state index contributed by atoms with van der Waals surface area (Å²) in [5, 5.41) is 7.45. The molecule has 1 aromatic carbocycles. The van der Waals surface area contributed by atoms with Crippen molar-refractivity contribution >= 4 is 41.5 Å². The largest absolute Gasteiger partial charge is 0.353 e. The van der Waals surface area contributed by atoms with Crippen molar-refractivity contribution in [2.75, 3.05) is 13.1 Å². The first-order chi connectivity index (χ1) is 9.56. The SMILES string of the molecule is CC(NC(=O)Cc1ccc(Cl)c(Cl)c1)C1CCCNC1.Cl. The standard InChI is InChI=1S/C15H20Cl2N2O.ClH/c1-10(12-3-2-6-18-9-12)19-15(20)8-11-4-5-13(16)14(17)7-11;/h4-5,7,10,12,18H,2-3,6,8-9H2,1H3,(H,19,20);1H. The number of amides is 1.